The van der Waals surface area contributed by atoms with Crippen molar-refractivity contribution >= 4 is 0 Å². The summed E-state index contributed by atoms with van der Waals surface area (Å²) in [6.07, 6.45) is 4.61. The second kappa shape index (κ2) is 4.87. The van der Waals surface area contributed by atoms with Crippen LogP contribution in [-0.4, -0.2) is 49.3 Å². The Balaban J connectivity index is 1.71. The lowest BCUT2D eigenvalue weighted by molar-refractivity contribution is 0.0102. The van der Waals surface area contributed by atoms with Gasteiger partial charge in [-0.05, 0) is 31.1 Å². The van der Waals surface area contributed by atoms with E-state index in [0.29, 0.717) is 18.2 Å². The van der Waals surface area contributed by atoms with Crippen LogP contribution in [-0.2, 0) is 4.74 Å². The molecule has 0 bridgehead atoms. The zero-order valence-corrected chi connectivity index (χ0v) is 11.2. The van der Waals surface area contributed by atoms with E-state index in [0.717, 1.165) is 31.5 Å². The second-order valence-corrected chi connectivity index (χ2v) is 6.28. The minimum atomic E-state index is 0.550. The van der Waals surface area contributed by atoms with E-state index in [4.69, 9.17) is 4.74 Å². The number of nitrogens with one attached hydrogen (secondary N) is 1. The van der Waals surface area contributed by atoms with Gasteiger partial charge in [0.15, 0.2) is 0 Å². The van der Waals surface area contributed by atoms with E-state index in [1.807, 2.05) is 0 Å². The summed E-state index contributed by atoms with van der Waals surface area (Å²) in [5.41, 5.74) is 0. The van der Waals surface area contributed by atoms with Gasteiger partial charge < -0.3 is 10.1 Å². The van der Waals surface area contributed by atoms with Crippen LogP contribution in [0.25, 0.3) is 0 Å². The highest BCUT2D eigenvalue weighted by Gasteiger charge is 2.45. The molecule has 17 heavy (non-hydrogen) atoms. The molecule has 98 valence electrons. The Kier molecular flexibility index (Phi) is 3.42. The van der Waals surface area contributed by atoms with E-state index in [-0.39, 0.29) is 0 Å². The summed E-state index contributed by atoms with van der Waals surface area (Å²) < 4.78 is 6.01. The molecule has 3 nitrogen and oxygen atoms in total. The summed E-state index contributed by atoms with van der Waals surface area (Å²) in [7, 11) is 0. The molecule has 3 fully saturated rings. The maximum Gasteiger partial charge on any atom is 0.0759 e. The fourth-order valence-electron chi connectivity index (χ4n) is 3.60. The molecular formula is C14H26N2O. The largest absolute Gasteiger partial charge is 0.376 e. The lowest BCUT2D eigenvalue weighted by Crippen LogP contribution is -2.59. The predicted octanol–water partition coefficient (Wildman–Crippen LogP) is 1.48. The lowest BCUT2D eigenvalue weighted by Gasteiger charge is -2.43. The van der Waals surface area contributed by atoms with Crippen LogP contribution in [0.5, 0.6) is 0 Å². The van der Waals surface area contributed by atoms with Crippen molar-refractivity contribution in [2.45, 2.75) is 51.3 Å². The van der Waals surface area contributed by atoms with Crippen molar-refractivity contribution in [3.05, 3.63) is 0 Å². The van der Waals surface area contributed by atoms with Crippen LogP contribution in [0.4, 0.5) is 0 Å². The maximum atomic E-state index is 6.01. The van der Waals surface area contributed by atoms with Gasteiger partial charge in [-0.15, -0.1) is 0 Å². The molecule has 3 aliphatic rings. The number of rotatable bonds is 3. The first-order chi connectivity index (χ1) is 8.27. The van der Waals surface area contributed by atoms with Gasteiger partial charge in [-0.1, -0.05) is 13.8 Å². The molecule has 2 heterocycles. The smallest absolute Gasteiger partial charge is 0.0759 e. The highest BCUT2D eigenvalue weighted by atomic mass is 16.5. The Bertz CT molecular complexity index is 265. The van der Waals surface area contributed by atoms with Crippen LogP contribution in [0.1, 0.15) is 33.1 Å². The minimum Gasteiger partial charge on any atom is -0.376 e. The molecule has 1 N–H and O–H groups in total. The average molecular weight is 238 g/mol. The molecule has 0 amide bonds. The summed E-state index contributed by atoms with van der Waals surface area (Å²) in [5, 5.41) is 3.55. The number of ether oxygens (including phenoxy) is 1. The molecule has 1 aliphatic carbocycles. The summed E-state index contributed by atoms with van der Waals surface area (Å²) >= 11 is 0. The zero-order valence-electron chi connectivity index (χ0n) is 11.2. The lowest BCUT2D eigenvalue weighted by atomic mass is 9.95. The van der Waals surface area contributed by atoms with E-state index in [1.165, 1.54) is 25.8 Å². The Hall–Kier alpha value is -0.120. The highest BCUT2D eigenvalue weighted by molar-refractivity contribution is 4.98. The van der Waals surface area contributed by atoms with Gasteiger partial charge in [0.2, 0.25) is 0 Å². The molecule has 1 saturated carbocycles. The maximum absolute atomic E-state index is 6.01. The van der Waals surface area contributed by atoms with Crippen molar-refractivity contribution in [1.82, 2.24) is 10.2 Å². The molecule has 2 aliphatic heterocycles. The molecule has 0 aromatic heterocycles. The van der Waals surface area contributed by atoms with Crippen molar-refractivity contribution in [1.29, 1.82) is 0 Å². The topological polar surface area (TPSA) is 24.5 Å². The van der Waals surface area contributed by atoms with Crippen LogP contribution in [0, 0.1) is 11.8 Å². The van der Waals surface area contributed by atoms with E-state index < -0.39 is 0 Å². The quantitative estimate of drug-likeness (QED) is 0.806. The number of nitrogens with zero attached hydrogens (tertiary/aromatic N) is 1. The van der Waals surface area contributed by atoms with Crippen LogP contribution in [0.2, 0.25) is 0 Å². The Morgan fingerprint density at radius 2 is 2.06 bits per heavy atom. The number of hydrogen-bond donors (Lipinski definition) is 1. The third-order valence-electron chi connectivity index (χ3n) is 4.71. The average Bonchev–Trinajstić information content (AvgIpc) is 3.07. The van der Waals surface area contributed by atoms with Gasteiger partial charge in [-0.3, -0.25) is 4.90 Å². The molecule has 3 rings (SSSR count). The van der Waals surface area contributed by atoms with Crippen LogP contribution in [0.3, 0.4) is 0 Å². The molecule has 3 atom stereocenters. The Morgan fingerprint density at radius 1 is 1.24 bits per heavy atom. The fraction of sp³-hybridized carbons (Fsp3) is 1.00. The van der Waals surface area contributed by atoms with Crippen molar-refractivity contribution in [3.8, 4) is 0 Å². The number of hydrogen-bond acceptors (Lipinski definition) is 3. The SMILES string of the molecule is CC(C)C1CNCCN1C1CCOC1C1CC1. The third kappa shape index (κ3) is 2.38. The molecule has 3 unspecified atom stereocenters. The summed E-state index contributed by atoms with van der Waals surface area (Å²) in [5.74, 6) is 1.62. The summed E-state index contributed by atoms with van der Waals surface area (Å²) in [6, 6.07) is 1.41. The van der Waals surface area contributed by atoms with E-state index in [1.54, 1.807) is 0 Å². The van der Waals surface area contributed by atoms with Crippen molar-refractivity contribution in [2.75, 3.05) is 26.2 Å². The van der Waals surface area contributed by atoms with Gasteiger partial charge in [0.05, 0.1) is 6.10 Å². The molecule has 3 heteroatoms. The summed E-state index contributed by atoms with van der Waals surface area (Å²) in [6.45, 7) is 9.21. The second-order valence-electron chi connectivity index (χ2n) is 6.28. The molecule has 0 aromatic rings. The van der Waals surface area contributed by atoms with E-state index in [2.05, 4.69) is 24.1 Å². The normalized spacial score (nSPS) is 40.1. The third-order valence-corrected chi connectivity index (χ3v) is 4.71. The first-order valence-electron chi connectivity index (χ1n) is 7.35. The van der Waals surface area contributed by atoms with Gasteiger partial charge in [0, 0.05) is 38.3 Å². The van der Waals surface area contributed by atoms with Gasteiger partial charge in [-0.25, -0.2) is 0 Å². The standard InChI is InChI=1S/C14H26N2O/c1-10(2)13-9-15-6-7-16(13)12-5-8-17-14(12)11-3-4-11/h10-15H,3-9H2,1-2H3. The molecule has 2 saturated heterocycles. The first kappa shape index (κ1) is 11.9. The molecule has 0 radical (unpaired) electrons. The molecular weight excluding hydrogens is 212 g/mol. The van der Waals surface area contributed by atoms with Crippen LogP contribution in [0.15, 0.2) is 0 Å². The predicted molar refractivity (Wildman–Crippen MR) is 69.1 cm³/mol. The first-order valence-corrected chi connectivity index (χ1v) is 7.35. The zero-order chi connectivity index (χ0) is 11.8. The Morgan fingerprint density at radius 3 is 2.76 bits per heavy atom. The van der Waals surface area contributed by atoms with Crippen LogP contribution >= 0.6 is 0 Å². The van der Waals surface area contributed by atoms with Crippen molar-refractivity contribution in [2.24, 2.45) is 11.8 Å². The van der Waals surface area contributed by atoms with Gasteiger partial charge in [0.1, 0.15) is 0 Å². The van der Waals surface area contributed by atoms with Gasteiger partial charge in [0.25, 0.3) is 0 Å². The van der Waals surface area contributed by atoms with Gasteiger partial charge >= 0.3 is 0 Å². The highest BCUT2D eigenvalue weighted by Crippen LogP contribution is 2.41. The molecule has 0 aromatic carbocycles. The number of piperazine rings is 1. The molecule has 0 spiro atoms. The monoisotopic (exact) mass is 238 g/mol. The minimum absolute atomic E-state index is 0.550. The van der Waals surface area contributed by atoms with Crippen molar-refractivity contribution < 1.29 is 4.74 Å². The van der Waals surface area contributed by atoms with Crippen molar-refractivity contribution in [3.63, 3.8) is 0 Å². The Labute approximate surface area is 105 Å². The van der Waals surface area contributed by atoms with E-state index in [9.17, 15) is 0 Å². The van der Waals surface area contributed by atoms with Gasteiger partial charge in [-0.2, -0.15) is 0 Å². The van der Waals surface area contributed by atoms with E-state index >= 15 is 0 Å². The van der Waals surface area contributed by atoms with Crippen LogP contribution < -0.4 is 5.32 Å². The summed E-state index contributed by atoms with van der Waals surface area (Å²) in [4.78, 5) is 2.76. The fourth-order valence-corrected chi connectivity index (χ4v) is 3.60.